The van der Waals surface area contributed by atoms with Gasteiger partial charge in [0, 0.05) is 25.1 Å². The summed E-state index contributed by atoms with van der Waals surface area (Å²) in [5, 5.41) is 2.83. The first-order chi connectivity index (χ1) is 9.78. The standard InChI is InChI=1S/C15H18N2O3/c16-9-11-20-14-5-3-12(4-6-14)17-15(18)8-7-13-2-1-10-19-13/h1-6,10H,7-9,11,16H2,(H,17,18). The first-order valence-electron chi connectivity index (χ1n) is 6.53. The molecular weight excluding hydrogens is 256 g/mol. The van der Waals surface area contributed by atoms with E-state index in [1.54, 1.807) is 30.5 Å². The second kappa shape index (κ2) is 7.35. The largest absolute Gasteiger partial charge is 0.492 e. The van der Waals surface area contributed by atoms with Crippen LogP contribution in [0.5, 0.6) is 5.75 Å². The van der Waals surface area contributed by atoms with E-state index in [0.717, 1.165) is 17.2 Å². The smallest absolute Gasteiger partial charge is 0.224 e. The lowest BCUT2D eigenvalue weighted by Gasteiger charge is -2.07. The van der Waals surface area contributed by atoms with Gasteiger partial charge in [0.1, 0.15) is 18.1 Å². The van der Waals surface area contributed by atoms with Gasteiger partial charge in [-0.3, -0.25) is 4.79 Å². The summed E-state index contributed by atoms with van der Waals surface area (Å²) in [4.78, 5) is 11.8. The molecule has 5 heteroatoms. The minimum atomic E-state index is -0.0444. The normalized spacial score (nSPS) is 10.2. The van der Waals surface area contributed by atoms with Gasteiger partial charge in [-0.25, -0.2) is 0 Å². The molecule has 0 atom stereocenters. The van der Waals surface area contributed by atoms with Gasteiger partial charge in [-0.05, 0) is 36.4 Å². The molecule has 106 valence electrons. The highest BCUT2D eigenvalue weighted by atomic mass is 16.5. The summed E-state index contributed by atoms with van der Waals surface area (Å²) in [6.45, 7) is 0.958. The van der Waals surface area contributed by atoms with Crippen molar-refractivity contribution in [3.8, 4) is 5.75 Å². The third kappa shape index (κ3) is 4.44. The van der Waals surface area contributed by atoms with Crippen LogP contribution in [0, 0.1) is 0 Å². The Morgan fingerprint density at radius 1 is 1.25 bits per heavy atom. The Morgan fingerprint density at radius 2 is 2.05 bits per heavy atom. The molecule has 0 aliphatic heterocycles. The fraction of sp³-hybridized carbons (Fsp3) is 0.267. The second-order valence-electron chi connectivity index (χ2n) is 4.29. The maximum absolute atomic E-state index is 11.8. The van der Waals surface area contributed by atoms with Gasteiger partial charge >= 0.3 is 0 Å². The van der Waals surface area contributed by atoms with E-state index in [-0.39, 0.29) is 5.91 Å². The van der Waals surface area contributed by atoms with Gasteiger partial charge in [-0.15, -0.1) is 0 Å². The minimum absolute atomic E-state index is 0.0444. The third-order valence-electron chi connectivity index (χ3n) is 2.70. The molecule has 1 aromatic carbocycles. The predicted octanol–water partition coefficient (Wildman–Crippen LogP) is 2.19. The topological polar surface area (TPSA) is 77.5 Å². The maximum Gasteiger partial charge on any atom is 0.224 e. The molecule has 0 bridgehead atoms. The van der Waals surface area contributed by atoms with Crippen LogP contribution in [0.2, 0.25) is 0 Å². The first-order valence-corrected chi connectivity index (χ1v) is 6.53. The molecule has 5 nitrogen and oxygen atoms in total. The predicted molar refractivity (Wildman–Crippen MR) is 76.7 cm³/mol. The molecule has 20 heavy (non-hydrogen) atoms. The summed E-state index contributed by atoms with van der Waals surface area (Å²) < 4.78 is 10.5. The highest BCUT2D eigenvalue weighted by molar-refractivity contribution is 5.90. The number of hydrogen-bond donors (Lipinski definition) is 2. The Kier molecular flexibility index (Phi) is 5.20. The van der Waals surface area contributed by atoms with Crippen LogP contribution < -0.4 is 15.8 Å². The van der Waals surface area contributed by atoms with E-state index in [2.05, 4.69) is 5.32 Å². The van der Waals surface area contributed by atoms with Crippen molar-refractivity contribution < 1.29 is 13.9 Å². The number of carbonyl (C=O) groups is 1. The Balaban J connectivity index is 1.78. The summed E-state index contributed by atoms with van der Waals surface area (Å²) in [6.07, 6.45) is 2.59. The number of anilines is 1. The van der Waals surface area contributed by atoms with Crippen molar-refractivity contribution in [3.05, 3.63) is 48.4 Å². The van der Waals surface area contributed by atoms with Crippen LogP contribution in [0.25, 0.3) is 0 Å². The van der Waals surface area contributed by atoms with E-state index in [4.69, 9.17) is 14.9 Å². The second-order valence-corrected chi connectivity index (χ2v) is 4.29. The SMILES string of the molecule is NCCOc1ccc(NC(=O)CCc2ccco2)cc1. The van der Waals surface area contributed by atoms with E-state index < -0.39 is 0 Å². The van der Waals surface area contributed by atoms with Crippen molar-refractivity contribution in [2.75, 3.05) is 18.5 Å². The Bertz CT molecular complexity index is 521. The molecule has 0 unspecified atom stereocenters. The maximum atomic E-state index is 11.8. The van der Waals surface area contributed by atoms with Gasteiger partial charge in [0.15, 0.2) is 0 Å². The van der Waals surface area contributed by atoms with Crippen molar-refractivity contribution in [1.29, 1.82) is 0 Å². The molecule has 0 saturated heterocycles. The molecular formula is C15H18N2O3. The van der Waals surface area contributed by atoms with Gasteiger partial charge in [-0.1, -0.05) is 0 Å². The molecule has 1 heterocycles. The van der Waals surface area contributed by atoms with E-state index >= 15 is 0 Å². The van der Waals surface area contributed by atoms with Gasteiger partial charge in [-0.2, -0.15) is 0 Å². The fourth-order valence-electron chi connectivity index (χ4n) is 1.73. The van der Waals surface area contributed by atoms with E-state index in [1.807, 2.05) is 12.1 Å². The van der Waals surface area contributed by atoms with Crippen molar-refractivity contribution in [1.82, 2.24) is 0 Å². The minimum Gasteiger partial charge on any atom is -0.492 e. The van der Waals surface area contributed by atoms with Gasteiger partial charge < -0.3 is 20.2 Å². The average molecular weight is 274 g/mol. The van der Waals surface area contributed by atoms with Crippen molar-refractivity contribution in [2.24, 2.45) is 5.73 Å². The summed E-state index contributed by atoms with van der Waals surface area (Å²) >= 11 is 0. The molecule has 0 spiro atoms. The zero-order valence-corrected chi connectivity index (χ0v) is 11.2. The Morgan fingerprint density at radius 3 is 2.70 bits per heavy atom. The Hall–Kier alpha value is -2.27. The number of amides is 1. The quantitative estimate of drug-likeness (QED) is 0.811. The summed E-state index contributed by atoms with van der Waals surface area (Å²) in [5.74, 6) is 1.51. The number of hydrogen-bond acceptors (Lipinski definition) is 4. The number of carbonyl (C=O) groups excluding carboxylic acids is 1. The third-order valence-corrected chi connectivity index (χ3v) is 2.70. The number of furan rings is 1. The van der Waals surface area contributed by atoms with E-state index in [1.165, 1.54) is 0 Å². The average Bonchev–Trinajstić information content (AvgIpc) is 2.98. The zero-order valence-electron chi connectivity index (χ0n) is 11.2. The fourth-order valence-corrected chi connectivity index (χ4v) is 1.73. The van der Waals surface area contributed by atoms with Crippen LogP contribution in [0.4, 0.5) is 5.69 Å². The lowest BCUT2D eigenvalue weighted by molar-refractivity contribution is -0.116. The molecule has 0 saturated carbocycles. The number of nitrogens with two attached hydrogens (primary N) is 1. The monoisotopic (exact) mass is 274 g/mol. The van der Waals surface area contributed by atoms with Crippen molar-refractivity contribution in [3.63, 3.8) is 0 Å². The molecule has 0 fully saturated rings. The summed E-state index contributed by atoms with van der Waals surface area (Å²) in [5.41, 5.74) is 6.10. The van der Waals surface area contributed by atoms with Crippen LogP contribution >= 0.6 is 0 Å². The molecule has 0 aliphatic rings. The van der Waals surface area contributed by atoms with Crippen LogP contribution in [0.15, 0.2) is 47.1 Å². The van der Waals surface area contributed by atoms with Crippen LogP contribution in [-0.4, -0.2) is 19.1 Å². The van der Waals surface area contributed by atoms with Gasteiger partial charge in [0.05, 0.1) is 6.26 Å². The van der Waals surface area contributed by atoms with Gasteiger partial charge in [0.25, 0.3) is 0 Å². The van der Waals surface area contributed by atoms with Crippen LogP contribution in [0.3, 0.4) is 0 Å². The molecule has 0 radical (unpaired) electrons. The lowest BCUT2D eigenvalue weighted by Crippen LogP contribution is -2.12. The van der Waals surface area contributed by atoms with Crippen LogP contribution in [-0.2, 0) is 11.2 Å². The molecule has 1 aromatic heterocycles. The molecule has 0 aliphatic carbocycles. The molecule has 1 amide bonds. The van der Waals surface area contributed by atoms with Crippen LogP contribution in [0.1, 0.15) is 12.2 Å². The highest BCUT2D eigenvalue weighted by Gasteiger charge is 2.04. The number of aryl methyl sites for hydroxylation is 1. The molecule has 2 rings (SSSR count). The number of rotatable bonds is 7. The summed E-state index contributed by atoms with van der Waals surface area (Å²) in [7, 11) is 0. The number of nitrogens with one attached hydrogen (secondary N) is 1. The van der Waals surface area contributed by atoms with E-state index in [9.17, 15) is 4.79 Å². The first kappa shape index (κ1) is 14.1. The Labute approximate surface area is 117 Å². The molecule has 2 aromatic rings. The summed E-state index contributed by atoms with van der Waals surface area (Å²) in [6, 6.07) is 10.9. The lowest BCUT2D eigenvalue weighted by atomic mass is 10.2. The zero-order chi connectivity index (χ0) is 14.2. The van der Waals surface area contributed by atoms with Gasteiger partial charge in [0.2, 0.25) is 5.91 Å². The number of benzene rings is 1. The highest BCUT2D eigenvalue weighted by Crippen LogP contribution is 2.16. The number of ether oxygens (including phenoxy) is 1. The molecule has 3 N–H and O–H groups in total. The van der Waals surface area contributed by atoms with E-state index in [0.29, 0.717) is 26.0 Å². The van der Waals surface area contributed by atoms with Crippen molar-refractivity contribution in [2.45, 2.75) is 12.8 Å². The van der Waals surface area contributed by atoms with Crippen molar-refractivity contribution >= 4 is 11.6 Å².